The van der Waals surface area contributed by atoms with Crippen LogP contribution in [0, 0.1) is 11.3 Å². The maximum atomic E-state index is 9.56. The van der Waals surface area contributed by atoms with Crippen molar-refractivity contribution in [3.05, 3.63) is 169 Å². The summed E-state index contributed by atoms with van der Waals surface area (Å²) in [4.78, 5) is 0. The summed E-state index contributed by atoms with van der Waals surface area (Å²) in [5, 5.41) is 19.0. The van der Waals surface area contributed by atoms with Gasteiger partial charge in [-0.3, -0.25) is 0 Å². The minimum absolute atomic E-state index is 0.676. The molecule has 2 heterocycles. The molecule has 8 aromatic carbocycles. The summed E-state index contributed by atoms with van der Waals surface area (Å²) < 4.78 is 4.82. The van der Waals surface area contributed by atoms with Crippen LogP contribution < -0.4 is 0 Å². The second-order valence-corrected chi connectivity index (χ2v) is 12.5. The van der Waals surface area contributed by atoms with E-state index in [-0.39, 0.29) is 0 Å². The molecule has 0 fully saturated rings. The molecule has 222 valence electrons. The van der Waals surface area contributed by atoms with Gasteiger partial charge in [0.15, 0.2) is 0 Å². The Morgan fingerprint density at radius 2 is 1.06 bits per heavy atom. The van der Waals surface area contributed by atoms with Crippen LogP contribution in [-0.4, -0.2) is 9.13 Å². The SMILES string of the molecule is N#Cc1ccc2ccc3cc(-n4c5ccccc5c5c(-c6cccc7c8ccccc8n(-c8ccccc8)c67)cccc54)ccc3c2c1. The first-order chi connectivity index (χ1) is 23.8. The van der Waals surface area contributed by atoms with Crippen molar-refractivity contribution in [1.29, 1.82) is 5.26 Å². The first-order valence-corrected chi connectivity index (χ1v) is 16.3. The van der Waals surface area contributed by atoms with Gasteiger partial charge in [0, 0.05) is 38.5 Å². The molecule has 0 N–H and O–H groups in total. The summed E-state index contributed by atoms with van der Waals surface area (Å²) in [6.07, 6.45) is 0. The van der Waals surface area contributed by atoms with Gasteiger partial charge in [0.25, 0.3) is 0 Å². The van der Waals surface area contributed by atoms with E-state index < -0.39 is 0 Å². The van der Waals surface area contributed by atoms with Gasteiger partial charge < -0.3 is 9.13 Å². The summed E-state index contributed by atoms with van der Waals surface area (Å²) in [6.45, 7) is 0. The van der Waals surface area contributed by atoms with E-state index in [0.717, 1.165) is 32.9 Å². The molecule has 0 radical (unpaired) electrons. The summed E-state index contributed by atoms with van der Waals surface area (Å²) >= 11 is 0. The molecule has 0 aliphatic carbocycles. The van der Waals surface area contributed by atoms with E-state index in [1.807, 2.05) is 18.2 Å². The van der Waals surface area contributed by atoms with Crippen molar-refractivity contribution in [1.82, 2.24) is 9.13 Å². The maximum absolute atomic E-state index is 9.56. The van der Waals surface area contributed by atoms with E-state index in [1.165, 1.54) is 54.7 Å². The minimum atomic E-state index is 0.676. The molecule has 10 aromatic rings. The van der Waals surface area contributed by atoms with Crippen molar-refractivity contribution in [3.8, 4) is 28.6 Å². The van der Waals surface area contributed by atoms with Crippen LogP contribution in [0.1, 0.15) is 5.56 Å². The maximum Gasteiger partial charge on any atom is 0.0991 e. The molecule has 10 rings (SSSR count). The van der Waals surface area contributed by atoms with Crippen LogP contribution in [0.3, 0.4) is 0 Å². The Kier molecular flexibility index (Phi) is 5.64. The number of nitrogens with zero attached hydrogens (tertiary/aromatic N) is 3. The van der Waals surface area contributed by atoms with Crippen LogP contribution >= 0.6 is 0 Å². The average Bonchev–Trinajstić information content (AvgIpc) is 3.68. The first kappa shape index (κ1) is 26.6. The van der Waals surface area contributed by atoms with Gasteiger partial charge in [0.1, 0.15) is 0 Å². The van der Waals surface area contributed by atoms with Crippen molar-refractivity contribution in [2.45, 2.75) is 0 Å². The fraction of sp³-hybridized carbons (Fsp3) is 0. The van der Waals surface area contributed by atoms with Gasteiger partial charge in [-0.25, -0.2) is 0 Å². The molecule has 0 aliphatic heterocycles. The third-order valence-electron chi connectivity index (χ3n) is 9.91. The average molecular weight is 610 g/mol. The normalized spacial score (nSPS) is 11.7. The highest BCUT2D eigenvalue weighted by Crippen LogP contribution is 2.43. The van der Waals surface area contributed by atoms with Crippen LogP contribution in [0.2, 0.25) is 0 Å². The summed E-state index contributed by atoms with van der Waals surface area (Å²) in [5.74, 6) is 0. The highest BCUT2D eigenvalue weighted by molar-refractivity contribution is 6.21. The quantitative estimate of drug-likeness (QED) is 0.183. The topological polar surface area (TPSA) is 33.6 Å². The molecular weight excluding hydrogens is 583 g/mol. The zero-order valence-corrected chi connectivity index (χ0v) is 25.9. The van der Waals surface area contributed by atoms with Crippen molar-refractivity contribution in [2.75, 3.05) is 0 Å². The van der Waals surface area contributed by atoms with Crippen LogP contribution in [0.25, 0.3) is 87.7 Å². The Hall–Kier alpha value is -6.63. The van der Waals surface area contributed by atoms with Crippen LogP contribution in [0.15, 0.2) is 164 Å². The zero-order valence-electron chi connectivity index (χ0n) is 25.9. The Morgan fingerprint density at radius 1 is 0.396 bits per heavy atom. The molecule has 0 aliphatic rings. The predicted molar refractivity (Wildman–Crippen MR) is 200 cm³/mol. The van der Waals surface area contributed by atoms with Crippen molar-refractivity contribution in [3.63, 3.8) is 0 Å². The third kappa shape index (κ3) is 3.75. The summed E-state index contributed by atoms with van der Waals surface area (Å²) in [7, 11) is 0. The highest BCUT2D eigenvalue weighted by Gasteiger charge is 2.21. The van der Waals surface area contributed by atoms with Gasteiger partial charge in [0.2, 0.25) is 0 Å². The number of rotatable bonds is 3. The Bertz CT molecular complexity index is 2950. The molecule has 0 saturated carbocycles. The summed E-state index contributed by atoms with van der Waals surface area (Å²) in [6, 6.07) is 60.9. The predicted octanol–water partition coefficient (Wildman–Crippen LogP) is 11.7. The molecule has 3 heteroatoms. The third-order valence-corrected chi connectivity index (χ3v) is 9.91. The van der Waals surface area contributed by atoms with Crippen molar-refractivity contribution in [2.24, 2.45) is 0 Å². The number of hydrogen-bond acceptors (Lipinski definition) is 1. The lowest BCUT2D eigenvalue weighted by Crippen LogP contribution is -1.96. The van der Waals surface area contributed by atoms with E-state index in [1.54, 1.807) is 0 Å². The van der Waals surface area contributed by atoms with E-state index in [2.05, 4.69) is 161 Å². The number of hydrogen-bond donors (Lipinski definition) is 0. The van der Waals surface area contributed by atoms with Gasteiger partial charge >= 0.3 is 0 Å². The van der Waals surface area contributed by atoms with Crippen molar-refractivity contribution >= 4 is 65.2 Å². The highest BCUT2D eigenvalue weighted by atomic mass is 15.0. The zero-order chi connectivity index (χ0) is 31.8. The van der Waals surface area contributed by atoms with Crippen LogP contribution in [0.4, 0.5) is 0 Å². The number of para-hydroxylation sites is 4. The van der Waals surface area contributed by atoms with Gasteiger partial charge in [-0.05, 0) is 81.7 Å². The van der Waals surface area contributed by atoms with Gasteiger partial charge in [-0.15, -0.1) is 0 Å². The summed E-state index contributed by atoms with van der Waals surface area (Å²) in [5.41, 5.74) is 10.1. The van der Waals surface area contributed by atoms with Crippen LogP contribution in [0.5, 0.6) is 0 Å². The van der Waals surface area contributed by atoms with Crippen LogP contribution in [-0.2, 0) is 0 Å². The number of benzene rings is 8. The lowest BCUT2D eigenvalue weighted by Gasteiger charge is -2.13. The van der Waals surface area contributed by atoms with E-state index >= 15 is 0 Å². The smallest absolute Gasteiger partial charge is 0.0991 e. The lowest BCUT2D eigenvalue weighted by molar-refractivity contribution is 1.18. The fourth-order valence-electron chi connectivity index (χ4n) is 7.86. The molecular formula is C45H27N3. The number of fused-ring (bicyclic) bond motifs is 9. The molecule has 2 aromatic heterocycles. The Morgan fingerprint density at radius 3 is 1.92 bits per heavy atom. The first-order valence-electron chi connectivity index (χ1n) is 16.3. The largest absolute Gasteiger partial charge is 0.309 e. The molecule has 0 amide bonds. The molecule has 3 nitrogen and oxygen atoms in total. The van der Waals surface area contributed by atoms with E-state index in [9.17, 15) is 5.26 Å². The Balaban J connectivity index is 1.28. The Labute approximate surface area is 276 Å². The molecule has 0 saturated heterocycles. The van der Waals surface area contributed by atoms with Gasteiger partial charge in [0.05, 0.1) is 33.7 Å². The standard InChI is InChI=1S/C45H27N3/c46-28-29-20-21-30-22-23-31-27-33(24-25-34(31)40(30)26-29)47-42-18-7-5-13-39(42)44-36(14-9-19-43(44)47)38-16-8-15-37-35-12-4-6-17-41(35)48(45(37)38)32-10-2-1-3-11-32/h1-27H. The van der Waals surface area contributed by atoms with E-state index in [4.69, 9.17) is 0 Å². The van der Waals surface area contributed by atoms with Gasteiger partial charge in [-0.2, -0.15) is 5.26 Å². The molecule has 0 unspecified atom stereocenters. The number of nitriles is 1. The number of aromatic nitrogens is 2. The second-order valence-electron chi connectivity index (χ2n) is 12.5. The van der Waals surface area contributed by atoms with Gasteiger partial charge in [-0.1, -0.05) is 109 Å². The fourth-order valence-corrected chi connectivity index (χ4v) is 7.86. The van der Waals surface area contributed by atoms with Crippen molar-refractivity contribution < 1.29 is 0 Å². The molecule has 0 atom stereocenters. The molecule has 0 spiro atoms. The second kappa shape index (κ2) is 10.2. The minimum Gasteiger partial charge on any atom is -0.309 e. The molecule has 0 bridgehead atoms. The van der Waals surface area contributed by atoms with E-state index in [0.29, 0.717) is 5.56 Å². The lowest BCUT2D eigenvalue weighted by atomic mass is 9.97. The monoisotopic (exact) mass is 609 g/mol. The molecule has 48 heavy (non-hydrogen) atoms.